The zero-order chi connectivity index (χ0) is 22.1. The SMILES string of the molecule is CC1CCC(Nc2nccc(-c3cn(C4CCCO4)c(=O)n3-c3ccc(F)cc3)n2)CC1. The second kappa shape index (κ2) is 8.86. The van der Waals surface area contributed by atoms with Crippen LogP contribution in [0.4, 0.5) is 10.3 Å². The van der Waals surface area contributed by atoms with Gasteiger partial charge in [0.05, 0.1) is 17.1 Å². The zero-order valence-corrected chi connectivity index (χ0v) is 18.2. The Labute approximate surface area is 186 Å². The molecule has 32 heavy (non-hydrogen) atoms. The van der Waals surface area contributed by atoms with E-state index < -0.39 is 0 Å². The van der Waals surface area contributed by atoms with Crippen molar-refractivity contribution in [3.8, 4) is 17.1 Å². The number of anilines is 1. The summed E-state index contributed by atoms with van der Waals surface area (Å²) in [5.74, 6) is 0.977. The number of halogens is 1. The van der Waals surface area contributed by atoms with E-state index in [0.717, 1.165) is 31.6 Å². The molecule has 5 rings (SSSR count). The number of benzene rings is 1. The molecule has 168 valence electrons. The van der Waals surface area contributed by atoms with Gasteiger partial charge >= 0.3 is 5.69 Å². The van der Waals surface area contributed by atoms with Crippen molar-refractivity contribution in [3.05, 3.63) is 59.0 Å². The number of hydrogen-bond donors (Lipinski definition) is 1. The molecule has 0 radical (unpaired) electrons. The maximum atomic E-state index is 13.5. The second-order valence-electron chi connectivity index (χ2n) is 8.85. The van der Waals surface area contributed by atoms with Gasteiger partial charge in [-0.3, -0.25) is 9.13 Å². The Bertz CT molecular complexity index is 1130. The van der Waals surface area contributed by atoms with Crippen molar-refractivity contribution in [2.24, 2.45) is 5.92 Å². The van der Waals surface area contributed by atoms with Gasteiger partial charge in [-0.1, -0.05) is 6.92 Å². The van der Waals surface area contributed by atoms with Crippen LogP contribution in [0.2, 0.25) is 0 Å². The molecule has 1 unspecified atom stereocenters. The summed E-state index contributed by atoms with van der Waals surface area (Å²) in [6.07, 6.45) is 9.49. The van der Waals surface area contributed by atoms with Gasteiger partial charge in [-0.15, -0.1) is 0 Å². The van der Waals surface area contributed by atoms with Gasteiger partial charge in [-0.25, -0.2) is 19.2 Å². The highest BCUT2D eigenvalue weighted by atomic mass is 19.1. The Morgan fingerprint density at radius 1 is 1.09 bits per heavy atom. The average Bonchev–Trinajstić information content (AvgIpc) is 3.44. The van der Waals surface area contributed by atoms with Crippen LogP contribution in [0.15, 0.2) is 47.5 Å². The molecule has 1 saturated heterocycles. The van der Waals surface area contributed by atoms with Crippen molar-refractivity contribution in [2.45, 2.75) is 57.7 Å². The van der Waals surface area contributed by atoms with Gasteiger partial charge in [0.15, 0.2) is 0 Å². The molecular weight excluding hydrogens is 409 g/mol. The highest BCUT2D eigenvalue weighted by Gasteiger charge is 2.25. The standard InChI is InChI=1S/C24H28FN5O2/c1-16-4-8-18(9-5-16)27-23-26-13-12-20(28-23)21-15-29(22-3-2-14-32-22)24(31)30(21)19-10-6-17(25)7-11-19/h6-7,10-13,15-16,18,22H,2-5,8-9,14H2,1H3,(H,26,27,28). The van der Waals surface area contributed by atoms with Crippen LogP contribution in [0, 0.1) is 11.7 Å². The Kier molecular flexibility index (Phi) is 5.78. The Hall–Kier alpha value is -3.00. The van der Waals surface area contributed by atoms with Crippen LogP contribution in [0.25, 0.3) is 17.1 Å². The quantitative estimate of drug-likeness (QED) is 0.635. The van der Waals surface area contributed by atoms with Crippen molar-refractivity contribution in [3.63, 3.8) is 0 Å². The molecule has 1 aliphatic carbocycles. The van der Waals surface area contributed by atoms with Gasteiger partial charge in [0.2, 0.25) is 5.95 Å². The molecule has 1 aromatic carbocycles. The lowest BCUT2D eigenvalue weighted by Gasteiger charge is -2.26. The molecule has 7 nitrogen and oxygen atoms in total. The first-order chi connectivity index (χ1) is 15.6. The van der Waals surface area contributed by atoms with Crippen LogP contribution < -0.4 is 11.0 Å². The second-order valence-corrected chi connectivity index (χ2v) is 8.85. The van der Waals surface area contributed by atoms with Crippen LogP contribution in [0.5, 0.6) is 0 Å². The minimum absolute atomic E-state index is 0.229. The Morgan fingerprint density at radius 3 is 2.59 bits per heavy atom. The number of hydrogen-bond acceptors (Lipinski definition) is 5. The summed E-state index contributed by atoms with van der Waals surface area (Å²) in [6, 6.07) is 8.06. The van der Waals surface area contributed by atoms with E-state index in [2.05, 4.69) is 17.2 Å². The van der Waals surface area contributed by atoms with Gasteiger partial charge < -0.3 is 10.1 Å². The lowest BCUT2D eigenvalue weighted by molar-refractivity contribution is 0.0538. The minimum atomic E-state index is -0.350. The fourth-order valence-electron chi connectivity index (χ4n) is 4.63. The Morgan fingerprint density at radius 2 is 1.88 bits per heavy atom. The number of nitrogens with zero attached hydrogens (tertiary/aromatic N) is 4. The summed E-state index contributed by atoms with van der Waals surface area (Å²) < 4.78 is 22.5. The number of nitrogens with one attached hydrogen (secondary N) is 1. The number of imidazole rings is 1. The predicted octanol–water partition coefficient (Wildman–Crippen LogP) is 4.53. The molecule has 0 bridgehead atoms. The van der Waals surface area contributed by atoms with Crippen LogP contribution >= 0.6 is 0 Å². The highest BCUT2D eigenvalue weighted by Crippen LogP contribution is 2.28. The predicted molar refractivity (Wildman–Crippen MR) is 120 cm³/mol. The van der Waals surface area contributed by atoms with Crippen LogP contribution in [0.1, 0.15) is 51.7 Å². The van der Waals surface area contributed by atoms with Gasteiger partial charge in [-0.05, 0) is 74.8 Å². The number of aromatic nitrogens is 4. The third-order valence-corrected chi connectivity index (χ3v) is 6.48. The number of ether oxygens (including phenoxy) is 1. The molecule has 8 heteroatoms. The fraction of sp³-hybridized carbons (Fsp3) is 0.458. The van der Waals surface area contributed by atoms with Crippen molar-refractivity contribution >= 4 is 5.95 Å². The van der Waals surface area contributed by atoms with Gasteiger partial charge in [0.25, 0.3) is 0 Å². The van der Waals surface area contributed by atoms with E-state index in [1.54, 1.807) is 39.7 Å². The molecule has 1 aliphatic heterocycles. The fourth-order valence-corrected chi connectivity index (χ4v) is 4.63. The van der Waals surface area contributed by atoms with Crippen LogP contribution in [0.3, 0.4) is 0 Å². The van der Waals surface area contributed by atoms with Crippen molar-refractivity contribution in [2.75, 3.05) is 11.9 Å². The molecule has 1 saturated carbocycles. The maximum absolute atomic E-state index is 13.5. The molecule has 1 N–H and O–H groups in total. The largest absolute Gasteiger partial charge is 0.358 e. The monoisotopic (exact) mass is 437 g/mol. The lowest BCUT2D eigenvalue weighted by atomic mass is 9.87. The van der Waals surface area contributed by atoms with Crippen LogP contribution in [-0.2, 0) is 4.74 Å². The third kappa shape index (κ3) is 4.19. The molecule has 3 heterocycles. The summed E-state index contributed by atoms with van der Waals surface area (Å²) >= 11 is 0. The third-order valence-electron chi connectivity index (χ3n) is 6.48. The van der Waals surface area contributed by atoms with E-state index in [4.69, 9.17) is 9.72 Å². The summed E-state index contributed by atoms with van der Waals surface area (Å²) in [7, 11) is 0. The number of rotatable bonds is 5. The summed E-state index contributed by atoms with van der Waals surface area (Å²) in [4.78, 5) is 22.5. The van der Waals surface area contributed by atoms with E-state index in [1.165, 1.54) is 25.0 Å². The molecule has 0 spiro atoms. The lowest BCUT2D eigenvalue weighted by Crippen LogP contribution is -2.26. The van der Waals surface area contributed by atoms with E-state index in [1.807, 2.05) is 0 Å². The topological polar surface area (TPSA) is 74.0 Å². The van der Waals surface area contributed by atoms with E-state index in [9.17, 15) is 9.18 Å². The molecule has 2 fully saturated rings. The molecule has 1 atom stereocenters. The summed E-state index contributed by atoms with van der Waals surface area (Å²) in [5, 5.41) is 3.46. The zero-order valence-electron chi connectivity index (χ0n) is 18.2. The van der Waals surface area contributed by atoms with E-state index >= 15 is 0 Å². The first-order valence-electron chi connectivity index (χ1n) is 11.4. The molecule has 0 amide bonds. The van der Waals surface area contributed by atoms with Crippen molar-refractivity contribution < 1.29 is 9.13 Å². The molecule has 2 aromatic heterocycles. The first-order valence-corrected chi connectivity index (χ1v) is 11.4. The Balaban J connectivity index is 1.53. The summed E-state index contributed by atoms with van der Waals surface area (Å²) in [6.45, 7) is 2.93. The molecular formula is C24H28FN5O2. The normalized spacial score (nSPS) is 23.4. The van der Waals surface area contributed by atoms with Gasteiger partial charge in [-0.2, -0.15) is 0 Å². The molecule has 3 aromatic rings. The maximum Gasteiger partial charge on any atom is 0.335 e. The highest BCUT2D eigenvalue weighted by molar-refractivity contribution is 5.59. The van der Waals surface area contributed by atoms with Gasteiger partial charge in [0, 0.05) is 25.0 Å². The summed E-state index contributed by atoms with van der Waals surface area (Å²) in [5.41, 5.74) is 1.61. The first kappa shape index (κ1) is 20.9. The average molecular weight is 438 g/mol. The minimum Gasteiger partial charge on any atom is -0.358 e. The molecule has 2 aliphatic rings. The van der Waals surface area contributed by atoms with Gasteiger partial charge in [0.1, 0.15) is 12.0 Å². The smallest absolute Gasteiger partial charge is 0.335 e. The van der Waals surface area contributed by atoms with Crippen molar-refractivity contribution in [1.82, 2.24) is 19.1 Å². The van der Waals surface area contributed by atoms with E-state index in [-0.39, 0.29) is 17.7 Å². The van der Waals surface area contributed by atoms with E-state index in [0.29, 0.717) is 35.7 Å². The van der Waals surface area contributed by atoms with Crippen molar-refractivity contribution in [1.29, 1.82) is 0 Å². The van der Waals surface area contributed by atoms with Crippen LogP contribution in [-0.4, -0.2) is 31.8 Å².